The van der Waals surface area contributed by atoms with E-state index in [4.69, 9.17) is 4.74 Å². The van der Waals surface area contributed by atoms with Gasteiger partial charge >= 0.3 is 5.97 Å². The van der Waals surface area contributed by atoms with Crippen molar-refractivity contribution < 1.29 is 19.1 Å². The van der Waals surface area contributed by atoms with Gasteiger partial charge in [-0.3, -0.25) is 9.59 Å². The highest BCUT2D eigenvalue weighted by Gasteiger charge is 2.25. The Bertz CT molecular complexity index is 615. The van der Waals surface area contributed by atoms with Gasteiger partial charge in [-0.1, -0.05) is 0 Å². The Morgan fingerprint density at radius 1 is 1.35 bits per heavy atom. The van der Waals surface area contributed by atoms with Crippen molar-refractivity contribution >= 4 is 29.1 Å². The van der Waals surface area contributed by atoms with Crippen molar-refractivity contribution in [3.63, 3.8) is 0 Å². The number of hydrogen-bond acceptors (Lipinski definition) is 5. The zero-order chi connectivity index (χ0) is 16.4. The molecule has 3 rings (SSSR count). The number of carbonyl (C=O) groups is 3. The van der Waals surface area contributed by atoms with Crippen molar-refractivity contribution in [1.82, 2.24) is 10.2 Å². The van der Waals surface area contributed by atoms with Gasteiger partial charge in [-0.15, -0.1) is 11.3 Å². The molecule has 1 aromatic rings. The number of aryl methyl sites for hydroxylation is 2. The molecule has 1 fully saturated rings. The number of esters is 1. The maximum atomic E-state index is 12.0. The van der Waals surface area contributed by atoms with Crippen LogP contribution >= 0.6 is 11.3 Å². The van der Waals surface area contributed by atoms with Crippen LogP contribution in [0.4, 0.5) is 0 Å². The van der Waals surface area contributed by atoms with E-state index in [0.717, 1.165) is 32.1 Å². The van der Waals surface area contributed by atoms with Crippen molar-refractivity contribution in [3.8, 4) is 0 Å². The van der Waals surface area contributed by atoms with E-state index in [1.165, 1.54) is 33.7 Å². The molecule has 1 heterocycles. The molecule has 0 saturated heterocycles. The number of thiophene rings is 1. The zero-order valence-electron chi connectivity index (χ0n) is 13.1. The van der Waals surface area contributed by atoms with Gasteiger partial charge < -0.3 is 15.0 Å². The number of rotatable bonds is 6. The first-order valence-electron chi connectivity index (χ1n) is 7.85. The van der Waals surface area contributed by atoms with Gasteiger partial charge in [0.1, 0.15) is 4.88 Å². The monoisotopic (exact) mass is 336 g/mol. The van der Waals surface area contributed by atoms with Gasteiger partial charge in [-0.25, -0.2) is 4.79 Å². The molecule has 0 unspecified atom stereocenters. The van der Waals surface area contributed by atoms with Crippen molar-refractivity contribution in [2.24, 2.45) is 0 Å². The van der Waals surface area contributed by atoms with Crippen LogP contribution in [-0.4, -0.2) is 48.9 Å². The molecule has 0 radical (unpaired) electrons. The van der Waals surface area contributed by atoms with E-state index < -0.39 is 5.97 Å². The first kappa shape index (κ1) is 16.0. The molecule has 1 saturated carbocycles. The maximum Gasteiger partial charge on any atom is 0.348 e. The fourth-order valence-corrected chi connectivity index (χ4v) is 3.69. The average molecular weight is 336 g/mol. The van der Waals surface area contributed by atoms with Crippen LogP contribution in [0.3, 0.4) is 0 Å². The van der Waals surface area contributed by atoms with E-state index in [0.29, 0.717) is 4.88 Å². The van der Waals surface area contributed by atoms with Crippen LogP contribution in [0.25, 0.3) is 0 Å². The molecule has 0 aliphatic heterocycles. The molecular formula is C16H20N2O4S. The first-order valence-corrected chi connectivity index (χ1v) is 8.66. The average Bonchev–Trinajstić information content (AvgIpc) is 3.05. The normalized spacial score (nSPS) is 15.9. The summed E-state index contributed by atoms with van der Waals surface area (Å²) in [5.41, 5.74) is 1.22. The standard InChI is InChI=1S/C16H20N2O4S/c1-18(8-14(19)17-11-5-6-11)15(20)9-22-16(21)13-7-10-3-2-4-12(10)23-13/h7,11H,2-6,8-9H2,1H3,(H,17,19). The highest BCUT2D eigenvalue weighted by Crippen LogP contribution is 2.30. The van der Waals surface area contributed by atoms with Crippen molar-refractivity contribution in [2.45, 2.75) is 38.1 Å². The fourth-order valence-electron chi connectivity index (χ4n) is 2.54. The van der Waals surface area contributed by atoms with E-state index in [1.54, 1.807) is 0 Å². The predicted molar refractivity (Wildman–Crippen MR) is 85.4 cm³/mol. The number of fused-ring (bicyclic) bond motifs is 1. The van der Waals surface area contributed by atoms with Gasteiger partial charge in [0.25, 0.3) is 5.91 Å². The summed E-state index contributed by atoms with van der Waals surface area (Å²) in [5, 5.41) is 2.81. The van der Waals surface area contributed by atoms with Gasteiger partial charge in [0.2, 0.25) is 5.91 Å². The number of carbonyl (C=O) groups excluding carboxylic acids is 3. The number of ether oxygens (including phenoxy) is 1. The van der Waals surface area contributed by atoms with Gasteiger partial charge in [0.15, 0.2) is 6.61 Å². The lowest BCUT2D eigenvalue weighted by atomic mass is 10.2. The lowest BCUT2D eigenvalue weighted by Gasteiger charge is -2.16. The molecule has 1 aromatic heterocycles. The van der Waals surface area contributed by atoms with E-state index in [1.807, 2.05) is 6.07 Å². The number of nitrogens with zero attached hydrogens (tertiary/aromatic N) is 1. The largest absolute Gasteiger partial charge is 0.451 e. The fraction of sp³-hybridized carbons (Fsp3) is 0.562. The van der Waals surface area contributed by atoms with Crippen LogP contribution in [0.2, 0.25) is 0 Å². The van der Waals surface area contributed by atoms with Crippen LogP contribution in [-0.2, 0) is 27.2 Å². The smallest absolute Gasteiger partial charge is 0.348 e. The number of likely N-dealkylation sites (N-methyl/N-ethyl adjacent to an activating group) is 1. The molecule has 23 heavy (non-hydrogen) atoms. The van der Waals surface area contributed by atoms with Gasteiger partial charge in [0.05, 0.1) is 6.54 Å². The minimum Gasteiger partial charge on any atom is -0.451 e. The van der Waals surface area contributed by atoms with E-state index in [9.17, 15) is 14.4 Å². The van der Waals surface area contributed by atoms with Crippen LogP contribution in [0.1, 0.15) is 39.4 Å². The molecule has 1 N–H and O–H groups in total. The van der Waals surface area contributed by atoms with E-state index in [-0.39, 0.29) is 31.0 Å². The lowest BCUT2D eigenvalue weighted by Crippen LogP contribution is -2.40. The van der Waals surface area contributed by atoms with Gasteiger partial charge in [-0.05, 0) is 43.7 Å². The minimum atomic E-state index is -0.464. The van der Waals surface area contributed by atoms with Gasteiger partial charge in [-0.2, -0.15) is 0 Å². The highest BCUT2D eigenvalue weighted by atomic mass is 32.1. The summed E-state index contributed by atoms with van der Waals surface area (Å²) >= 11 is 1.45. The predicted octanol–water partition coefficient (Wildman–Crippen LogP) is 1.13. The Morgan fingerprint density at radius 2 is 2.13 bits per heavy atom. The first-order chi connectivity index (χ1) is 11.0. The molecule has 2 aliphatic carbocycles. The summed E-state index contributed by atoms with van der Waals surface area (Å²) < 4.78 is 5.07. The third-order valence-corrected chi connectivity index (χ3v) is 5.24. The van der Waals surface area contributed by atoms with Crippen molar-refractivity contribution in [2.75, 3.05) is 20.2 Å². The van der Waals surface area contributed by atoms with Crippen LogP contribution < -0.4 is 5.32 Å². The summed E-state index contributed by atoms with van der Waals surface area (Å²) in [6.45, 7) is -0.352. The molecule has 0 atom stereocenters. The Morgan fingerprint density at radius 3 is 2.83 bits per heavy atom. The molecule has 0 spiro atoms. The Kier molecular flexibility index (Phi) is 4.66. The molecule has 7 heteroatoms. The Hall–Kier alpha value is -1.89. The summed E-state index contributed by atoms with van der Waals surface area (Å²) in [4.78, 5) is 38.6. The molecular weight excluding hydrogens is 316 g/mol. The Balaban J connectivity index is 1.43. The molecule has 2 aliphatic rings. The second-order valence-corrected chi connectivity index (χ2v) is 7.22. The van der Waals surface area contributed by atoms with Crippen molar-refractivity contribution in [1.29, 1.82) is 0 Å². The summed E-state index contributed by atoms with van der Waals surface area (Å²) in [6, 6.07) is 2.14. The van der Waals surface area contributed by atoms with Crippen LogP contribution in [0.5, 0.6) is 0 Å². The molecule has 124 valence electrons. The third-order valence-electron chi connectivity index (χ3n) is 4.02. The summed E-state index contributed by atoms with van der Waals surface area (Å²) in [7, 11) is 1.53. The topological polar surface area (TPSA) is 75.7 Å². The SMILES string of the molecule is CN(CC(=O)NC1CC1)C(=O)COC(=O)c1cc2c(s1)CCC2. The molecule has 6 nitrogen and oxygen atoms in total. The quantitative estimate of drug-likeness (QED) is 0.790. The second kappa shape index (κ2) is 6.70. The van der Waals surface area contributed by atoms with E-state index in [2.05, 4.69) is 5.32 Å². The molecule has 0 bridgehead atoms. The highest BCUT2D eigenvalue weighted by molar-refractivity contribution is 7.14. The summed E-state index contributed by atoms with van der Waals surface area (Å²) in [5.74, 6) is -1.02. The third kappa shape index (κ3) is 4.10. The number of amides is 2. The minimum absolute atomic E-state index is 0.0137. The second-order valence-electron chi connectivity index (χ2n) is 6.08. The number of nitrogens with one attached hydrogen (secondary N) is 1. The van der Waals surface area contributed by atoms with Crippen LogP contribution in [0.15, 0.2) is 6.07 Å². The maximum absolute atomic E-state index is 12.0. The summed E-state index contributed by atoms with van der Waals surface area (Å²) in [6.07, 6.45) is 5.18. The number of hydrogen-bond donors (Lipinski definition) is 1. The zero-order valence-corrected chi connectivity index (χ0v) is 13.9. The molecule has 2 amide bonds. The Labute approximate surface area is 138 Å². The van der Waals surface area contributed by atoms with Crippen LogP contribution in [0, 0.1) is 0 Å². The molecule has 0 aromatic carbocycles. The van der Waals surface area contributed by atoms with Gasteiger partial charge in [0, 0.05) is 18.0 Å². The van der Waals surface area contributed by atoms with E-state index >= 15 is 0 Å². The lowest BCUT2D eigenvalue weighted by molar-refractivity contribution is -0.137. The van der Waals surface area contributed by atoms with Crippen molar-refractivity contribution in [3.05, 3.63) is 21.4 Å².